The zero-order valence-electron chi connectivity index (χ0n) is 6.88. The first-order valence-electron chi connectivity index (χ1n) is 3.91. The summed E-state index contributed by atoms with van der Waals surface area (Å²) in [4.78, 5) is 10.6. The van der Waals surface area contributed by atoms with Gasteiger partial charge >= 0.3 is 0 Å². The van der Waals surface area contributed by atoms with Crippen LogP contribution in [0.4, 0.5) is 0 Å². The van der Waals surface area contributed by atoms with Crippen LogP contribution in [0.25, 0.3) is 0 Å². The summed E-state index contributed by atoms with van der Waals surface area (Å²) in [6.45, 7) is 2.00. The van der Waals surface area contributed by atoms with Crippen LogP contribution in [-0.2, 0) is 4.79 Å². The van der Waals surface area contributed by atoms with Crippen LogP contribution in [0.15, 0.2) is 24.3 Å². The van der Waals surface area contributed by atoms with Gasteiger partial charge in [0.25, 0.3) is 0 Å². The highest BCUT2D eigenvalue weighted by molar-refractivity contribution is 14.1. The summed E-state index contributed by atoms with van der Waals surface area (Å²) in [6.07, 6.45) is 2.88. The number of benzene rings is 1. The Balaban J connectivity index is 3.00. The van der Waals surface area contributed by atoms with Crippen LogP contribution >= 0.6 is 22.6 Å². The Bertz CT molecular complexity index is 270. The van der Waals surface area contributed by atoms with E-state index in [0.717, 1.165) is 15.6 Å². The average Bonchev–Trinajstić information content (AvgIpc) is 2.10. The van der Waals surface area contributed by atoms with Crippen LogP contribution in [0.3, 0.4) is 0 Å². The molecule has 0 heterocycles. The van der Waals surface area contributed by atoms with E-state index in [1.54, 1.807) is 0 Å². The third-order valence-corrected chi connectivity index (χ3v) is 2.81. The van der Waals surface area contributed by atoms with Gasteiger partial charge in [-0.2, -0.15) is 0 Å². The van der Waals surface area contributed by atoms with Crippen molar-refractivity contribution in [2.75, 3.05) is 0 Å². The van der Waals surface area contributed by atoms with E-state index in [2.05, 4.69) is 28.9 Å². The molecule has 1 unspecified atom stereocenters. The van der Waals surface area contributed by atoms with E-state index in [0.29, 0.717) is 0 Å². The zero-order valence-corrected chi connectivity index (χ0v) is 9.04. The Labute approximate surface area is 86.3 Å². The number of carbonyl (C=O) groups excluding carboxylic acids is 1. The Morgan fingerprint density at radius 3 is 2.67 bits per heavy atom. The monoisotopic (exact) mass is 273 g/mol. The van der Waals surface area contributed by atoms with Crippen molar-refractivity contribution < 1.29 is 4.79 Å². The van der Waals surface area contributed by atoms with Crippen LogP contribution in [0.1, 0.15) is 24.8 Å². The van der Waals surface area contributed by atoms with Crippen LogP contribution in [0.5, 0.6) is 0 Å². The molecule has 0 spiro atoms. The van der Waals surface area contributed by atoms with Gasteiger partial charge in [0.15, 0.2) is 0 Å². The van der Waals surface area contributed by atoms with E-state index >= 15 is 0 Å². The maximum Gasteiger partial charge on any atom is 0.206 e. The highest BCUT2D eigenvalue weighted by Gasteiger charge is 2.10. The van der Waals surface area contributed by atoms with Crippen molar-refractivity contribution >= 4 is 28.9 Å². The van der Waals surface area contributed by atoms with Gasteiger partial charge in [0, 0.05) is 3.57 Å². The molecule has 2 heteroatoms. The molecular formula is C10H10IO. The summed E-state index contributed by atoms with van der Waals surface area (Å²) in [5.74, 6) is -0.0573. The van der Waals surface area contributed by atoms with Crippen molar-refractivity contribution in [3.05, 3.63) is 33.4 Å². The van der Waals surface area contributed by atoms with E-state index in [4.69, 9.17) is 0 Å². The molecule has 0 amide bonds. The van der Waals surface area contributed by atoms with Gasteiger partial charge < -0.3 is 0 Å². The Morgan fingerprint density at radius 2 is 2.17 bits per heavy atom. The minimum Gasteiger partial charge on any atom is -0.290 e. The predicted octanol–water partition coefficient (Wildman–Crippen LogP) is 2.89. The second-order valence-electron chi connectivity index (χ2n) is 2.60. The number of halogens is 1. The van der Waals surface area contributed by atoms with Gasteiger partial charge in [-0.05, 0) is 40.6 Å². The topological polar surface area (TPSA) is 17.1 Å². The van der Waals surface area contributed by atoms with Gasteiger partial charge in [0.05, 0.1) is 5.92 Å². The van der Waals surface area contributed by atoms with Crippen molar-refractivity contribution in [2.45, 2.75) is 19.3 Å². The molecule has 1 nitrogen and oxygen atoms in total. The molecule has 0 saturated carbocycles. The number of rotatable bonds is 3. The molecule has 1 atom stereocenters. The fourth-order valence-corrected chi connectivity index (χ4v) is 1.89. The standard InChI is InChI=1S/C10H10IO/c1-2-8(7-12)9-5-3-4-6-10(9)11/h3-6,8H,2H2,1H3. The van der Waals surface area contributed by atoms with E-state index in [-0.39, 0.29) is 5.92 Å². The highest BCUT2D eigenvalue weighted by Crippen LogP contribution is 2.22. The van der Waals surface area contributed by atoms with Crippen molar-refractivity contribution in [1.82, 2.24) is 0 Å². The quantitative estimate of drug-likeness (QED) is 0.774. The maximum absolute atomic E-state index is 10.6. The molecule has 0 aromatic heterocycles. The number of hydrogen-bond donors (Lipinski definition) is 0. The predicted molar refractivity (Wildman–Crippen MR) is 57.9 cm³/mol. The van der Waals surface area contributed by atoms with Crippen LogP contribution < -0.4 is 0 Å². The number of hydrogen-bond acceptors (Lipinski definition) is 1. The van der Waals surface area contributed by atoms with Gasteiger partial charge in [-0.25, -0.2) is 0 Å². The average molecular weight is 273 g/mol. The van der Waals surface area contributed by atoms with Crippen molar-refractivity contribution in [2.24, 2.45) is 0 Å². The summed E-state index contributed by atoms with van der Waals surface area (Å²) >= 11 is 2.24. The molecule has 1 rings (SSSR count). The summed E-state index contributed by atoms with van der Waals surface area (Å²) in [5, 5.41) is 0. The summed E-state index contributed by atoms with van der Waals surface area (Å²) in [6, 6.07) is 7.93. The zero-order chi connectivity index (χ0) is 8.97. The van der Waals surface area contributed by atoms with Gasteiger partial charge in [0.1, 0.15) is 0 Å². The van der Waals surface area contributed by atoms with Gasteiger partial charge in [-0.1, -0.05) is 25.1 Å². The fourth-order valence-electron chi connectivity index (χ4n) is 1.12. The highest BCUT2D eigenvalue weighted by atomic mass is 127. The molecular weight excluding hydrogens is 263 g/mol. The second kappa shape index (κ2) is 4.60. The van der Waals surface area contributed by atoms with E-state index in [9.17, 15) is 4.79 Å². The first-order valence-corrected chi connectivity index (χ1v) is 4.99. The molecule has 0 aliphatic rings. The Kier molecular flexibility index (Phi) is 3.72. The third kappa shape index (κ3) is 2.06. The smallest absolute Gasteiger partial charge is 0.206 e. The lowest BCUT2D eigenvalue weighted by Gasteiger charge is -2.08. The molecule has 63 valence electrons. The molecule has 1 aromatic rings. The van der Waals surface area contributed by atoms with E-state index < -0.39 is 0 Å². The minimum atomic E-state index is -0.0573. The fraction of sp³-hybridized carbons (Fsp3) is 0.300. The maximum atomic E-state index is 10.6. The molecule has 0 bridgehead atoms. The lowest BCUT2D eigenvalue weighted by atomic mass is 9.98. The van der Waals surface area contributed by atoms with Crippen LogP contribution in [-0.4, -0.2) is 6.29 Å². The van der Waals surface area contributed by atoms with Gasteiger partial charge in [-0.3, -0.25) is 4.79 Å². The molecule has 1 radical (unpaired) electrons. The lowest BCUT2D eigenvalue weighted by Crippen LogP contribution is -2.00. The van der Waals surface area contributed by atoms with Crippen molar-refractivity contribution in [1.29, 1.82) is 0 Å². The van der Waals surface area contributed by atoms with Crippen molar-refractivity contribution in [3.63, 3.8) is 0 Å². The summed E-state index contributed by atoms with van der Waals surface area (Å²) in [5.41, 5.74) is 1.09. The Morgan fingerprint density at radius 1 is 1.50 bits per heavy atom. The summed E-state index contributed by atoms with van der Waals surface area (Å²) < 4.78 is 1.14. The molecule has 0 aliphatic carbocycles. The SMILES string of the molecule is CCC([C]=O)c1ccccc1I. The normalized spacial score (nSPS) is 12.5. The van der Waals surface area contributed by atoms with Crippen LogP contribution in [0.2, 0.25) is 0 Å². The van der Waals surface area contributed by atoms with Crippen molar-refractivity contribution in [3.8, 4) is 0 Å². The minimum absolute atomic E-state index is 0.0573. The molecule has 1 aromatic carbocycles. The first kappa shape index (κ1) is 9.71. The largest absolute Gasteiger partial charge is 0.290 e. The summed E-state index contributed by atoms with van der Waals surface area (Å²) in [7, 11) is 0. The second-order valence-corrected chi connectivity index (χ2v) is 3.76. The Hall–Kier alpha value is -0.380. The van der Waals surface area contributed by atoms with Gasteiger partial charge in [0.2, 0.25) is 6.29 Å². The van der Waals surface area contributed by atoms with Gasteiger partial charge in [-0.15, -0.1) is 0 Å². The van der Waals surface area contributed by atoms with E-state index in [1.807, 2.05) is 31.2 Å². The van der Waals surface area contributed by atoms with Crippen LogP contribution in [0, 0.1) is 3.57 Å². The molecule has 12 heavy (non-hydrogen) atoms. The van der Waals surface area contributed by atoms with E-state index in [1.165, 1.54) is 0 Å². The first-order chi connectivity index (χ1) is 5.79. The molecule has 0 saturated heterocycles. The molecule has 0 aliphatic heterocycles. The molecule has 0 N–H and O–H groups in total. The molecule has 0 fully saturated rings. The lowest BCUT2D eigenvalue weighted by molar-refractivity contribution is 0.540. The third-order valence-electron chi connectivity index (χ3n) is 1.83.